The van der Waals surface area contributed by atoms with Crippen LogP contribution in [0.5, 0.6) is 0 Å². The van der Waals surface area contributed by atoms with Gasteiger partial charge >= 0.3 is 59.1 Å². The number of rotatable bonds is 0. The second-order valence-corrected chi connectivity index (χ2v) is 1.55. The topological polar surface area (TPSA) is 12.5 Å². The molecular formula is C4H10Na2O. The summed E-state index contributed by atoms with van der Waals surface area (Å²) in [5, 5.41) is 0. The Hall–Kier alpha value is 1.96. The van der Waals surface area contributed by atoms with Crippen molar-refractivity contribution in [3.8, 4) is 0 Å². The number of epoxide rings is 1. The molecule has 7 heavy (non-hydrogen) atoms. The molecule has 0 aromatic heterocycles. The van der Waals surface area contributed by atoms with E-state index in [0.717, 1.165) is 0 Å². The Labute approximate surface area is 88.8 Å². The SMILES string of the molecule is CC1OC1C.[NaH].[NaH]. The second kappa shape index (κ2) is 4.80. The van der Waals surface area contributed by atoms with Gasteiger partial charge in [-0.15, -0.1) is 0 Å². The summed E-state index contributed by atoms with van der Waals surface area (Å²) in [6, 6.07) is 0. The standard InChI is InChI=1S/C4H8O.2Na.2H/c1-3-4(2)5-3;;;;/h3-4H,1-2H3;;;;. The number of hydrogen-bond donors (Lipinski definition) is 0. The van der Waals surface area contributed by atoms with Gasteiger partial charge in [0.15, 0.2) is 0 Å². The summed E-state index contributed by atoms with van der Waals surface area (Å²) >= 11 is 0. The van der Waals surface area contributed by atoms with Gasteiger partial charge in [0.2, 0.25) is 0 Å². The number of hydrogen-bond acceptors (Lipinski definition) is 1. The molecule has 1 rings (SSSR count). The van der Waals surface area contributed by atoms with E-state index >= 15 is 0 Å². The zero-order valence-corrected chi connectivity index (χ0v) is 3.56. The molecule has 2 unspecified atom stereocenters. The summed E-state index contributed by atoms with van der Waals surface area (Å²) in [6.45, 7) is 4.15. The maximum absolute atomic E-state index is 4.92. The maximum atomic E-state index is 4.92. The molecule has 0 saturated carbocycles. The minimum absolute atomic E-state index is 0. The van der Waals surface area contributed by atoms with Crippen molar-refractivity contribution in [3.05, 3.63) is 0 Å². The van der Waals surface area contributed by atoms with E-state index in [-0.39, 0.29) is 59.1 Å². The Bertz CT molecular complexity index is 43.0. The number of ether oxygens (including phenoxy) is 1. The van der Waals surface area contributed by atoms with Crippen LogP contribution in [-0.4, -0.2) is 71.3 Å². The molecule has 1 fully saturated rings. The molecule has 2 atom stereocenters. The zero-order chi connectivity index (χ0) is 3.86. The van der Waals surface area contributed by atoms with Crippen molar-refractivity contribution in [1.29, 1.82) is 0 Å². The van der Waals surface area contributed by atoms with Crippen LogP contribution in [0.25, 0.3) is 0 Å². The van der Waals surface area contributed by atoms with Gasteiger partial charge in [0, 0.05) is 0 Å². The predicted octanol–water partition coefficient (Wildman–Crippen LogP) is -0.503. The third-order valence-corrected chi connectivity index (χ3v) is 1.01. The molecule has 0 aliphatic carbocycles. The van der Waals surface area contributed by atoms with E-state index in [9.17, 15) is 0 Å². The first-order chi connectivity index (χ1) is 2.30. The summed E-state index contributed by atoms with van der Waals surface area (Å²) in [7, 11) is 0. The molecule has 1 nitrogen and oxygen atoms in total. The zero-order valence-electron chi connectivity index (χ0n) is 3.56. The monoisotopic (exact) mass is 120 g/mol. The summed E-state index contributed by atoms with van der Waals surface area (Å²) < 4.78 is 4.92. The Morgan fingerprint density at radius 1 is 1.00 bits per heavy atom. The molecule has 1 heterocycles. The van der Waals surface area contributed by atoms with Gasteiger partial charge in [0.1, 0.15) is 0 Å². The third-order valence-electron chi connectivity index (χ3n) is 1.01. The van der Waals surface area contributed by atoms with Crippen molar-refractivity contribution >= 4 is 59.1 Å². The van der Waals surface area contributed by atoms with Crippen LogP contribution in [0.1, 0.15) is 13.8 Å². The molecule has 1 aliphatic heterocycles. The van der Waals surface area contributed by atoms with Crippen molar-refractivity contribution in [2.45, 2.75) is 26.1 Å². The van der Waals surface area contributed by atoms with Gasteiger partial charge in [0.25, 0.3) is 0 Å². The molecular weight excluding hydrogens is 110 g/mol. The van der Waals surface area contributed by atoms with E-state index in [0.29, 0.717) is 12.2 Å². The summed E-state index contributed by atoms with van der Waals surface area (Å²) in [4.78, 5) is 0. The second-order valence-electron chi connectivity index (χ2n) is 1.55. The normalized spacial score (nSPS) is 35.1. The Kier molecular flexibility index (Phi) is 8.04. The van der Waals surface area contributed by atoms with Crippen LogP contribution in [0.4, 0.5) is 0 Å². The molecule has 0 bridgehead atoms. The van der Waals surface area contributed by atoms with E-state index < -0.39 is 0 Å². The first-order valence-electron chi connectivity index (χ1n) is 1.96. The van der Waals surface area contributed by atoms with Crippen molar-refractivity contribution in [3.63, 3.8) is 0 Å². The molecule has 0 amide bonds. The fraction of sp³-hybridized carbons (Fsp3) is 1.00. The third kappa shape index (κ3) is 4.46. The molecule has 34 valence electrons. The van der Waals surface area contributed by atoms with Crippen molar-refractivity contribution in [2.75, 3.05) is 0 Å². The van der Waals surface area contributed by atoms with Gasteiger partial charge in [-0.2, -0.15) is 0 Å². The van der Waals surface area contributed by atoms with Gasteiger partial charge in [-0.3, -0.25) is 0 Å². The average Bonchev–Trinajstić information content (AvgIpc) is 1.79. The van der Waals surface area contributed by atoms with E-state index in [1.54, 1.807) is 0 Å². The van der Waals surface area contributed by atoms with E-state index in [1.807, 2.05) is 0 Å². The Morgan fingerprint density at radius 2 is 1.14 bits per heavy atom. The summed E-state index contributed by atoms with van der Waals surface area (Å²) in [5.41, 5.74) is 0. The Morgan fingerprint density at radius 3 is 1.14 bits per heavy atom. The van der Waals surface area contributed by atoms with Gasteiger partial charge in [0.05, 0.1) is 12.2 Å². The quantitative estimate of drug-likeness (QED) is 0.310. The van der Waals surface area contributed by atoms with Gasteiger partial charge in [-0.25, -0.2) is 0 Å². The van der Waals surface area contributed by atoms with E-state index in [1.165, 1.54) is 0 Å². The van der Waals surface area contributed by atoms with Crippen LogP contribution in [0.15, 0.2) is 0 Å². The molecule has 0 radical (unpaired) electrons. The Balaban J connectivity index is 0. The first-order valence-corrected chi connectivity index (χ1v) is 1.96. The molecule has 0 aromatic carbocycles. The van der Waals surface area contributed by atoms with Crippen LogP contribution < -0.4 is 0 Å². The van der Waals surface area contributed by atoms with Crippen LogP contribution in [0, 0.1) is 0 Å². The van der Waals surface area contributed by atoms with Crippen molar-refractivity contribution in [2.24, 2.45) is 0 Å². The molecule has 1 saturated heterocycles. The van der Waals surface area contributed by atoms with Gasteiger partial charge in [-0.1, -0.05) is 0 Å². The summed E-state index contributed by atoms with van der Waals surface area (Å²) in [5.74, 6) is 0. The predicted molar refractivity (Wildman–Crippen MR) is 34.3 cm³/mol. The van der Waals surface area contributed by atoms with Crippen LogP contribution in [0.3, 0.4) is 0 Å². The summed E-state index contributed by atoms with van der Waals surface area (Å²) in [6.07, 6.45) is 1.10. The molecule has 0 aromatic rings. The van der Waals surface area contributed by atoms with Crippen LogP contribution in [0.2, 0.25) is 0 Å². The van der Waals surface area contributed by atoms with Crippen LogP contribution >= 0.6 is 0 Å². The molecule has 0 spiro atoms. The van der Waals surface area contributed by atoms with Crippen LogP contribution in [-0.2, 0) is 4.74 Å². The minimum atomic E-state index is 0. The van der Waals surface area contributed by atoms with Gasteiger partial charge in [-0.05, 0) is 13.8 Å². The molecule has 1 aliphatic rings. The van der Waals surface area contributed by atoms with E-state index in [2.05, 4.69) is 13.8 Å². The van der Waals surface area contributed by atoms with Crippen molar-refractivity contribution < 1.29 is 4.74 Å². The van der Waals surface area contributed by atoms with Gasteiger partial charge < -0.3 is 4.74 Å². The fourth-order valence-electron chi connectivity index (χ4n) is 0.293. The average molecular weight is 120 g/mol. The fourth-order valence-corrected chi connectivity index (χ4v) is 0.293. The molecule has 3 heteroatoms. The van der Waals surface area contributed by atoms with Crippen molar-refractivity contribution in [1.82, 2.24) is 0 Å². The first kappa shape index (κ1) is 11.7. The molecule has 0 N–H and O–H groups in total. The van der Waals surface area contributed by atoms with E-state index in [4.69, 9.17) is 4.74 Å².